The number of rotatable bonds is 3. The third kappa shape index (κ3) is 2.10. The van der Waals surface area contributed by atoms with E-state index in [-0.39, 0.29) is 0 Å². The summed E-state index contributed by atoms with van der Waals surface area (Å²) in [5.74, 6) is 0. The molecule has 0 bridgehead atoms. The fraction of sp³-hybridized carbons (Fsp3) is 0.500. The van der Waals surface area contributed by atoms with Gasteiger partial charge >= 0.3 is 0 Å². The van der Waals surface area contributed by atoms with Gasteiger partial charge < -0.3 is 9.64 Å². The lowest BCUT2D eigenvalue weighted by molar-refractivity contribution is 0.121. The van der Waals surface area contributed by atoms with Crippen LogP contribution in [-0.4, -0.2) is 31.3 Å². The number of anilines is 1. The molecule has 3 nitrogen and oxygen atoms in total. The van der Waals surface area contributed by atoms with E-state index in [0.29, 0.717) is 6.10 Å². The summed E-state index contributed by atoms with van der Waals surface area (Å²) in [4.78, 5) is 7.07. The Bertz CT molecular complexity index is 552. The number of ether oxygens (including phenoxy) is 1. The van der Waals surface area contributed by atoms with E-state index in [1.54, 1.807) is 18.4 Å². The van der Waals surface area contributed by atoms with E-state index in [2.05, 4.69) is 30.0 Å². The highest BCUT2D eigenvalue weighted by Crippen LogP contribution is 2.31. The van der Waals surface area contributed by atoms with E-state index in [1.807, 2.05) is 0 Å². The molecular weight excluding hydrogens is 244 g/mol. The minimum Gasteiger partial charge on any atom is -0.380 e. The summed E-state index contributed by atoms with van der Waals surface area (Å²) in [6.45, 7) is 4.21. The Morgan fingerprint density at radius 1 is 1.50 bits per heavy atom. The molecule has 1 fully saturated rings. The molecule has 4 heteroatoms. The highest BCUT2D eigenvalue weighted by Gasteiger charge is 2.24. The van der Waals surface area contributed by atoms with Crippen molar-refractivity contribution in [1.82, 2.24) is 4.98 Å². The van der Waals surface area contributed by atoms with E-state index in [9.17, 15) is 0 Å². The first-order valence-corrected chi connectivity index (χ1v) is 7.29. The van der Waals surface area contributed by atoms with Crippen molar-refractivity contribution in [2.75, 3.05) is 25.1 Å². The van der Waals surface area contributed by atoms with Gasteiger partial charge in [0.2, 0.25) is 0 Å². The maximum atomic E-state index is 5.41. The molecule has 0 spiro atoms. The fourth-order valence-corrected chi connectivity index (χ4v) is 3.47. The first-order chi connectivity index (χ1) is 8.80. The van der Waals surface area contributed by atoms with Crippen LogP contribution in [0.4, 0.5) is 5.13 Å². The van der Waals surface area contributed by atoms with Crippen LogP contribution in [0.3, 0.4) is 0 Å². The van der Waals surface area contributed by atoms with E-state index in [4.69, 9.17) is 9.72 Å². The van der Waals surface area contributed by atoms with Crippen LogP contribution in [0.1, 0.15) is 18.9 Å². The first kappa shape index (κ1) is 11.9. The summed E-state index contributed by atoms with van der Waals surface area (Å²) < 4.78 is 6.71. The van der Waals surface area contributed by atoms with Crippen molar-refractivity contribution >= 4 is 26.7 Å². The van der Waals surface area contributed by atoms with Gasteiger partial charge in [0.25, 0.3) is 0 Å². The van der Waals surface area contributed by atoms with Crippen molar-refractivity contribution in [3.63, 3.8) is 0 Å². The quantitative estimate of drug-likeness (QED) is 0.850. The second-order valence-electron chi connectivity index (χ2n) is 4.74. The smallest absolute Gasteiger partial charge is 0.186 e. The van der Waals surface area contributed by atoms with Gasteiger partial charge in [-0.3, -0.25) is 0 Å². The topological polar surface area (TPSA) is 25.4 Å². The molecule has 0 radical (unpaired) electrons. The van der Waals surface area contributed by atoms with Gasteiger partial charge in [0.1, 0.15) is 0 Å². The van der Waals surface area contributed by atoms with Crippen LogP contribution in [0.5, 0.6) is 0 Å². The van der Waals surface area contributed by atoms with Crippen molar-refractivity contribution in [3.05, 3.63) is 23.8 Å². The van der Waals surface area contributed by atoms with Crippen LogP contribution in [0.25, 0.3) is 10.2 Å². The number of aryl methyl sites for hydroxylation is 1. The van der Waals surface area contributed by atoms with Gasteiger partial charge in [-0.2, -0.15) is 0 Å². The monoisotopic (exact) mass is 262 g/mol. The van der Waals surface area contributed by atoms with Crippen LogP contribution < -0.4 is 4.90 Å². The Hall–Kier alpha value is -1.13. The molecule has 0 saturated carbocycles. The second kappa shape index (κ2) is 4.86. The molecule has 96 valence electrons. The standard InChI is InChI=1S/C14H18N2OS/c1-3-10-4-5-12-13(8-10)18-14(15-12)16-7-6-11(9-16)17-2/h4-5,8,11H,3,6-7,9H2,1-2H3. The molecule has 1 aromatic carbocycles. The van der Waals surface area contributed by atoms with Gasteiger partial charge in [0, 0.05) is 20.2 Å². The number of benzene rings is 1. The highest BCUT2D eigenvalue weighted by molar-refractivity contribution is 7.22. The van der Waals surface area contributed by atoms with E-state index in [1.165, 1.54) is 10.3 Å². The Morgan fingerprint density at radius 2 is 2.39 bits per heavy atom. The number of hydrogen-bond acceptors (Lipinski definition) is 4. The molecule has 2 heterocycles. The molecule has 3 rings (SSSR count). The molecule has 1 saturated heterocycles. The Kier molecular flexibility index (Phi) is 3.22. The minimum absolute atomic E-state index is 0.364. The highest BCUT2D eigenvalue weighted by atomic mass is 32.1. The summed E-state index contributed by atoms with van der Waals surface area (Å²) in [7, 11) is 1.79. The van der Waals surface area contributed by atoms with Gasteiger partial charge in [-0.15, -0.1) is 0 Å². The van der Waals surface area contributed by atoms with Crippen LogP contribution >= 0.6 is 11.3 Å². The van der Waals surface area contributed by atoms with E-state index < -0.39 is 0 Å². The maximum absolute atomic E-state index is 5.41. The average Bonchev–Trinajstić information content (AvgIpc) is 3.03. The zero-order valence-electron chi connectivity index (χ0n) is 10.8. The molecule has 1 unspecified atom stereocenters. The predicted molar refractivity (Wildman–Crippen MR) is 76.6 cm³/mol. The molecule has 0 aliphatic carbocycles. The normalized spacial score (nSPS) is 19.9. The van der Waals surface area contributed by atoms with Gasteiger partial charge in [0.05, 0.1) is 16.3 Å². The van der Waals surface area contributed by atoms with E-state index >= 15 is 0 Å². The zero-order chi connectivity index (χ0) is 12.5. The van der Waals surface area contributed by atoms with Gasteiger partial charge in [0.15, 0.2) is 5.13 Å². The van der Waals surface area contributed by atoms with Crippen molar-refractivity contribution in [1.29, 1.82) is 0 Å². The molecule has 0 amide bonds. The molecule has 1 aliphatic heterocycles. The molecule has 18 heavy (non-hydrogen) atoms. The minimum atomic E-state index is 0.364. The first-order valence-electron chi connectivity index (χ1n) is 6.47. The molecule has 1 aromatic heterocycles. The largest absolute Gasteiger partial charge is 0.380 e. The van der Waals surface area contributed by atoms with Gasteiger partial charge in [-0.1, -0.05) is 24.3 Å². The molecule has 1 atom stereocenters. The number of thiazole rings is 1. The number of fused-ring (bicyclic) bond motifs is 1. The van der Waals surface area contributed by atoms with Gasteiger partial charge in [-0.05, 0) is 30.5 Å². The Balaban J connectivity index is 1.89. The van der Waals surface area contributed by atoms with Crippen molar-refractivity contribution in [3.8, 4) is 0 Å². The fourth-order valence-electron chi connectivity index (χ4n) is 2.41. The second-order valence-corrected chi connectivity index (χ2v) is 5.75. The van der Waals surface area contributed by atoms with E-state index in [0.717, 1.165) is 36.6 Å². The predicted octanol–water partition coefficient (Wildman–Crippen LogP) is 3.08. The molecule has 1 aliphatic rings. The lowest BCUT2D eigenvalue weighted by Gasteiger charge is -2.13. The number of nitrogens with zero attached hydrogens (tertiary/aromatic N) is 2. The lowest BCUT2D eigenvalue weighted by Crippen LogP contribution is -2.21. The Morgan fingerprint density at radius 3 is 3.11 bits per heavy atom. The third-order valence-corrected chi connectivity index (χ3v) is 4.68. The summed E-state index contributed by atoms with van der Waals surface area (Å²) in [6, 6.07) is 6.58. The summed E-state index contributed by atoms with van der Waals surface area (Å²) in [6.07, 6.45) is 2.55. The molecule has 0 N–H and O–H groups in total. The SMILES string of the molecule is CCc1ccc2nc(N3CCC(OC)C3)sc2c1. The number of hydrogen-bond donors (Lipinski definition) is 0. The summed E-state index contributed by atoms with van der Waals surface area (Å²) >= 11 is 1.80. The summed E-state index contributed by atoms with van der Waals surface area (Å²) in [5, 5.41) is 1.14. The van der Waals surface area contributed by atoms with Gasteiger partial charge in [-0.25, -0.2) is 4.98 Å². The molecule has 2 aromatic rings. The van der Waals surface area contributed by atoms with Crippen LogP contribution in [-0.2, 0) is 11.2 Å². The lowest BCUT2D eigenvalue weighted by atomic mass is 10.2. The Labute approximate surface area is 111 Å². The third-order valence-electron chi connectivity index (χ3n) is 3.60. The van der Waals surface area contributed by atoms with Crippen molar-refractivity contribution in [2.24, 2.45) is 0 Å². The van der Waals surface area contributed by atoms with Crippen LogP contribution in [0.2, 0.25) is 0 Å². The van der Waals surface area contributed by atoms with Crippen LogP contribution in [0, 0.1) is 0 Å². The number of methoxy groups -OCH3 is 1. The number of aromatic nitrogens is 1. The van der Waals surface area contributed by atoms with Crippen molar-refractivity contribution in [2.45, 2.75) is 25.9 Å². The van der Waals surface area contributed by atoms with Crippen molar-refractivity contribution < 1.29 is 4.74 Å². The maximum Gasteiger partial charge on any atom is 0.186 e. The average molecular weight is 262 g/mol. The van der Waals surface area contributed by atoms with Crippen LogP contribution in [0.15, 0.2) is 18.2 Å². The summed E-state index contributed by atoms with van der Waals surface area (Å²) in [5.41, 5.74) is 2.50. The zero-order valence-corrected chi connectivity index (χ0v) is 11.7. The molecular formula is C14H18N2OS.